The van der Waals surface area contributed by atoms with Gasteiger partial charge in [0.15, 0.2) is 11.5 Å². The molecular weight excluding hydrogens is 470 g/mol. The van der Waals surface area contributed by atoms with Crippen molar-refractivity contribution in [2.75, 3.05) is 32.2 Å². The average molecular weight is 498 g/mol. The Morgan fingerprint density at radius 1 is 0.886 bits per heavy atom. The number of nitrogens with zero attached hydrogens (tertiary/aromatic N) is 2. The van der Waals surface area contributed by atoms with Gasteiger partial charge in [0, 0.05) is 6.07 Å². The molecule has 0 spiro atoms. The summed E-state index contributed by atoms with van der Waals surface area (Å²) in [6, 6.07) is 19.8. The molecule has 0 saturated heterocycles. The van der Waals surface area contributed by atoms with Gasteiger partial charge in [-0.25, -0.2) is 13.8 Å². The number of hydrogen-bond acceptors (Lipinski definition) is 7. The van der Waals surface area contributed by atoms with Crippen LogP contribution >= 0.6 is 0 Å². The first-order valence-corrected chi connectivity index (χ1v) is 12.0. The van der Waals surface area contributed by atoms with Crippen molar-refractivity contribution in [3.63, 3.8) is 0 Å². The van der Waals surface area contributed by atoms with E-state index in [1.165, 1.54) is 32.4 Å². The molecule has 10 heteroatoms. The second-order valence-corrected chi connectivity index (χ2v) is 9.19. The summed E-state index contributed by atoms with van der Waals surface area (Å²) in [5.74, 6) is 0.736. The molecule has 0 aromatic heterocycles. The Morgan fingerprint density at radius 3 is 2.14 bits per heavy atom. The number of carbonyl (C=O) groups is 1. The fraction of sp³-hybridized carbons (Fsp3) is 0.200. The summed E-state index contributed by atoms with van der Waals surface area (Å²) in [7, 11) is 0.319. The van der Waals surface area contributed by atoms with E-state index in [0.29, 0.717) is 22.9 Å². The first-order chi connectivity index (χ1) is 16.8. The fourth-order valence-electron chi connectivity index (χ4n) is 3.22. The van der Waals surface area contributed by atoms with Gasteiger partial charge in [0.1, 0.15) is 12.3 Å². The van der Waals surface area contributed by atoms with Crippen molar-refractivity contribution in [1.82, 2.24) is 5.43 Å². The van der Waals surface area contributed by atoms with Gasteiger partial charge in [0.2, 0.25) is 0 Å². The van der Waals surface area contributed by atoms with E-state index in [9.17, 15) is 13.2 Å². The highest BCUT2D eigenvalue weighted by Gasteiger charge is 2.28. The van der Waals surface area contributed by atoms with E-state index < -0.39 is 22.5 Å². The molecule has 184 valence electrons. The van der Waals surface area contributed by atoms with Crippen LogP contribution in [-0.4, -0.2) is 47.9 Å². The molecule has 1 N–H and O–H groups in total. The number of amides is 1. The molecule has 0 radical (unpaired) electrons. The molecule has 0 aliphatic rings. The molecule has 0 fully saturated rings. The van der Waals surface area contributed by atoms with E-state index in [4.69, 9.17) is 14.2 Å². The number of hydrazone groups is 1. The van der Waals surface area contributed by atoms with E-state index in [1.807, 2.05) is 12.1 Å². The van der Waals surface area contributed by atoms with Crippen LogP contribution in [0.15, 0.2) is 82.8 Å². The van der Waals surface area contributed by atoms with Crippen LogP contribution < -0.4 is 23.9 Å². The average Bonchev–Trinajstić information content (AvgIpc) is 2.90. The Hall–Kier alpha value is -4.05. The normalized spacial score (nSPS) is 11.5. The predicted molar refractivity (Wildman–Crippen MR) is 134 cm³/mol. The second kappa shape index (κ2) is 11.4. The van der Waals surface area contributed by atoms with Gasteiger partial charge in [0.05, 0.1) is 37.6 Å². The molecule has 0 aliphatic carbocycles. The summed E-state index contributed by atoms with van der Waals surface area (Å²) in [5.41, 5.74) is 4.10. The number of benzene rings is 3. The third-order valence-corrected chi connectivity index (χ3v) is 6.90. The van der Waals surface area contributed by atoms with Gasteiger partial charge in [-0.1, -0.05) is 18.2 Å². The van der Waals surface area contributed by atoms with Crippen LogP contribution in [0.5, 0.6) is 17.2 Å². The molecule has 1 amide bonds. The van der Waals surface area contributed by atoms with Crippen LogP contribution in [0.4, 0.5) is 5.69 Å². The summed E-state index contributed by atoms with van der Waals surface area (Å²) in [6.45, 7) is 1.25. The molecule has 0 unspecified atom stereocenters. The van der Waals surface area contributed by atoms with Crippen LogP contribution in [-0.2, 0) is 14.8 Å². The Labute approximate surface area is 205 Å². The Bertz CT molecular complexity index is 1290. The summed E-state index contributed by atoms with van der Waals surface area (Å²) < 4.78 is 43.7. The van der Waals surface area contributed by atoms with Crippen molar-refractivity contribution in [3.8, 4) is 17.2 Å². The number of anilines is 1. The molecule has 0 saturated carbocycles. The van der Waals surface area contributed by atoms with Crippen molar-refractivity contribution < 1.29 is 27.4 Å². The quantitative estimate of drug-likeness (QED) is 0.340. The molecule has 3 aromatic carbocycles. The van der Waals surface area contributed by atoms with Crippen LogP contribution in [0.1, 0.15) is 12.5 Å². The molecule has 9 nitrogen and oxygen atoms in total. The largest absolute Gasteiger partial charge is 0.497 e. The van der Waals surface area contributed by atoms with E-state index in [2.05, 4.69) is 10.5 Å². The maximum Gasteiger partial charge on any atom is 0.264 e. The topological polar surface area (TPSA) is 107 Å². The predicted octanol–water partition coefficient (Wildman–Crippen LogP) is 3.45. The summed E-state index contributed by atoms with van der Waals surface area (Å²) >= 11 is 0. The number of rotatable bonds is 10. The number of methoxy groups -OCH3 is 3. The SMILES string of the molecule is COc1ccc(/C(C)=N\NC(=O)CN(c2ccccc2)S(=O)(=O)c2ccc(OC)c(OC)c2)cc1. The third-order valence-electron chi connectivity index (χ3n) is 5.13. The molecule has 0 atom stereocenters. The fourth-order valence-corrected chi connectivity index (χ4v) is 4.66. The highest BCUT2D eigenvalue weighted by Crippen LogP contribution is 2.32. The maximum absolute atomic E-state index is 13.6. The van der Waals surface area contributed by atoms with Crippen molar-refractivity contribution in [1.29, 1.82) is 0 Å². The Kier molecular flexibility index (Phi) is 8.32. The molecule has 3 rings (SSSR count). The number of ether oxygens (including phenoxy) is 3. The molecule has 35 heavy (non-hydrogen) atoms. The summed E-state index contributed by atoms with van der Waals surface area (Å²) in [5, 5.41) is 4.12. The highest BCUT2D eigenvalue weighted by molar-refractivity contribution is 7.92. The lowest BCUT2D eigenvalue weighted by atomic mass is 10.1. The van der Waals surface area contributed by atoms with Gasteiger partial charge in [0.25, 0.3) is 15.9 Å². The van der Waals surface area contributed by atoms with Gasteiger partial charge < -0.3 is 14.2 Å². The zero-order valence-corrected chi connectivity index (χ0v) is 20.7. The first-order valence-electron chi connectivity index (χ1n) is 10.6. The zero-order valence-electron chi connectivity index (χ0n) is 19.9. The smallest absolute Gasteiger partial charge is 0.264 e. The lowest BCUT2D eigenvalue weighted by molar-refractivity contribution is -0.119. The number of carbonyl (C=O) groups excluding carboxylic acids is 1. The van der Waals surface area contributed by atoms with Gasteiger partial charge in [-0.3, -0.25) is 9.10 Å². The van der Waals surface area contributed by atoms with E-state index in [-0.39, 0.29) is 10.6 Å². The maximum atomic E-state index is 13.6. The first kappa shape index (κ1) is 25.6. The van der Waals surface area contributed by atoms with Crippen LogP contribution in [0.2, 0.25) is 0 Å². The van der Waals surface area contributed by atoms with Crippen LogP contribution in [0.3, 0.4) is 0 Å². The monoisotopic (exact) mass is 497 g/mol. The number of nitrogens with one attached hydrogen (secondary N) is 1. The minimum Gasteiger partial charge on any atom is -0.497 e. The Morgan fingerprint density at radius 2 is 1.54 bits per heavy atom. The Balaban J connectivity index is 1.87. The minimum atomic E-state index is -4.13. The van der Waals surface area contributed by atoms with Crippen LogP contribution in [0.25, 0.3) is 0 Å². The molecule has 3 aromatic rings. The summed E-state index contributed by atoms with van der Waals surface area (Å²) in [6.07, 6.45) is 0. The van der Waals surface area contributed by atoms with Crippen molar-refractivity contribution in [3.05, 3.63) is 78.4 Å². The van der Waals surface area contributed by atoms with Crippen molar-refractivity contribution in [2.24, 2.45) is 5.10 Å². The number of para-hydroxylation sites is 1. The zero-order chi connectivity index (χ0) is 25.4. The lowest BCUT2D eigenvalue weighted by Crippen LogP contribution is -2.39. The lowest BCUT2D eigenvalue weighted by Gasteiger charge is -2.24. The second-order valence-electron chi connectivity index (χ2n) is 7.32. The number of sulfonamides is 1. The van der Waals surface area contributed by atoms with Crippen LogP contribution in [0, 0.1) is 0 Å². The van der Waals surface area contributed by atoms with Crippen molar-refractivity contribution in [2.45, 2.75) is 11.8 Å². The minimum absolute atomic E-state index is 0.0512. The summed E-state index contributed by atoms with van der Waals surface area (Å²) in [4.78, 5) is 12.7. The molecule has 0 aliphatic heterocycles. The standard InChI is InChI=1S/C25H27N3O6S/c1-18(19-10-12-21(32-2)13-11-19)26-27-25(29)17-28(20-8-6-5-7-9-20)35(30,31)22-14-15-23(33-3)24(16-22)34-4/h5-16H,17H2,1-4H3,(H,27,29)/b26-18-. The van der Waals surface area contributed by atoms with E-state index in [1.54, 1.807) is 56.5 Å². The number of hydrogen-bond donors (Lipinski definition) is 1. The van der Waals surface area contributed by atoms with Gasteiger partial charge in [-0.2, -0.15) is 5.10 Å². The van der Waals surface area contributed by atoms with Gasteiger partial charge in [-0.05, 0) is 61.0 Å². The van der Waals surface area contributed by atoms with Gasteiger partial charge >= 0.3 is 0 Å². The van der Waals surface area contributed by atoms with E-state index in [0.717, 1.165) is 9.87 Å². The van der Waals surface area contributed by atoms with E-state index >= 15 is 0 Å². The highest BCUT2D eigenvalue weighted by atomic mass is 32.2. The third kappa shape index (κ3) is 6.10. The molecule has 0 bridgehead atoms. The molecule has 0 heterocycles. The molecular formula is C25H27N3O6S. The van der Waals surface area contributed by atoms with Crippen molar-refractivity contribution >= 4 is 27.3 Å². The van der Waals surface area contributed by atoms with Gasteiger partial charge in [-0.15, -0.1) is 0 Å².